The lowest BCUT2D eigenvalue weighted by Gasteiger charge is -2.26. The molecule has 2 aliphatic rings. The van der Waals surface area contributed by atoms with E-state index in [1.165, 1.54) is 0 Å². The lowest BCUT2D eigenvalue weighted by atomic mass is 10.1. The van der Waals surface area contributed by atoms with Crippen LogP contribution < -0.4 is 4.74 Å². The number of ether oxygens (including phenoxy) is 1. The second-order valence-electron chi connectivity index (χ2n) is 5.54. The van der Waals surface area contributed by atoms with Crippen LogP contribution in [0.3, 0.4) is 0 Å². The molecule has 1 aliphatic carbocycles. The first-order valence-electron chi connectivity index (χ1n) is 7.19. The molecule has 2 heterocycles. The summed E-state index contributed by atoms with van der Waals surface area (Å²) in [5.41, 5.74) is 0. The van der Waals surface area contributed by atoms with Crippen molar-refractivity contribution >= 4 is 10.0 Å². The number of fused-ring (bicyclic) bond motifs is 2. The number of aromatic nitrogens is 1. The van der Waals surface area contributed by atoms with Gasteiger partial charge in [-0.15, -0.1) is 0 Å². The molecule has 6 heteroatoms. The lowest BCUT2D eigenvalue weighted by Crippen LogP contribution is -2.41. The van der Waals surface area contributed by atoms with Gasteiger partial charge in [-0.3, -0.25) is 0 Å². The third kappa shape index (κ3) is 2.42. The van der Waals surface area contributed by atoms with Crippen LogP contribution in [0, 0.1) is 5.92 Å². The topological polar surface area (TPSA) is 59.5 Å². The molecule has 1 saturated carbocycles. The van der Waals surface area contributed by atoms with Gasteiger partial charge in [-0.2, -0.15) is 4.31 Å². The number of hydrogen-bond acceptors (Lipinski definition) is 4. The molecule has 1 saturated heterocycles. The molecule has 0 radical (unpaired) electrons. The normalized spacial score (nSPS) is 29.8. The largest absolute Gasteiger partial charge is 0.472 e. The molecule has 20 heavy (non-hydrogen) atoms. The van der Waals surface area contributed by atoms with Gasteiger partial charge in [-0.25, -0.2) is 13.4 Å². The van der Waals surface area contributed by atoms with E-state index in [2.05, 4.69) is 4.98 Å². The molecule has 0 spiro atoms. The molecule has 1 aromatic rings. The van der Waals surface area contributed by atoms with Gasteiger partial charge in [0.2, 0.25) is 15.9 Å². The van der Waals surface area contributed by atoms with E-state index in [4.69, 9.17) is 4.74 Å². The molecule has 3 atom stereocenters. The van der Waals surface area contributed by atoms with Gasteiger partial charge < -0.3 is 4.74 Å². The van der Waals surface area contributed by atoms with Crippen molar-refractivity contribution in [2.75, 3.05) is 12.3 Å². The Hall–Kier alpha value is -1.14. The van der Waals surface area contributed by atoms with Crippen LogP contribution in [-0.2, 0) is 10.0 Å². The minimum absolute atomic E-state index is 0.0152. The van der Waals surface area contributed by atoms with Crippen LogP contribution >= 0.6 is 0 Å². The Morgan fingerprint density at radius 3 is 2.95 bits per heavy atom. The molecular weight excluding hydrogens is 276 g/mol. The first-order valence-corrected chi connectivity index (χ1v) is 8.80. The zero-order chi connectivity index (χ0) is 14.2. The van der Waals surface area contributed by atoms with E-state index >= 15 is 0 Å². The number of nitrogens with zero attached hydrogens (tertiary/aromatic N) is 2. The molecule has 1 aromatic heterocycles. The molecule has 5 nitrogen and oxygen atoms in total. The highest BCUT2D eigenvalue weighted by atomic mass is 32.2. The maximum absolute atomic E-state index is 12.3. The quantitative estimate of drug-likeness (QED) is 0.829. The minimum atomic E-state index is -3.13. The summed E-state index contributed by atoms with van der Waals surface area (Å²) in [6, 6.07) is 5.53. The molecule has 2 fully saturated rings. The van der Waals surface area contributed by atoms with Crippen molar-refractivity contribution < 1.29 is 13.2 Å². The smallest absolute Gasteiger partial charge is 0.214 e. The van der Waals surface area contributed by atoms with Crippen molar-refractivity contribution in [1.29, 1.82) is 0 Å². The third-order valence-corrected chi connectivity index (χ3v) is 6.23. The van der Waals surface area contributed by atoms with E-state index in [0.717, 1.165) is 12.8 Å². The Labute approximate surface area is 120 Å². The van der Waals surface area contributed by atoms with Gasteiger partial charge >= 0.3 is 0 Å². The fourth-order valence-corrected chi connectivity index (χ4v) is 5.13. The summed E-state index contributed by atoms with van der Waals surface area (Å²) in [7, 11) is -3.13. The first-order chi connectivity index (χ1) is 9.62. The van der Waals surface area contributed by atoms with E-state index in [1.54, 1.807) is 10.5 Å². The summed E-state index contributed by atoms with van der Waals surface area (Å²) >= 11 is 0. The highest BCUT2D eigenvalue weighted by Gasteiger charge is 2.52. The highest BCUT2D eigenvalue weighted by molar-refractivity contribution is 7.89. The summed E-state index contributed by atoms with van der Waals surface area (Å²) in [6.07, 6.45) is 4.24. The van der Waals surface area contributed by atoms with Crippen LogP contribution in [0.2, 0.25) is 0 Å². The molecule has 0 amide bonds. The molecule has 1 aliphatic heterocycles. The lowest BCUT2D eigenvalue weighted by molar-refractivity contribution is 0.161. The SMILES string of the molecule is CCCS(=O)(=O)N1CC2CCC1C2Oc1ccccn1. The Morgan fingerprint density at radius 1 is 1.40 bits per heavy atom. The zero-order valence-corrected chi connectivity index (χ0v) is 12.4. The zero-order valence-electron chi connectivity index (χ0n) is 11.6. The van der Waals surface area contributed by atoms with Crippen molar-refractivity contribution in [3.63, 3.8) is 0 Å². The van der Waals surface area contributed by atoms with E-state index in [1.807, 2.05) is 25.1 Å². The van der Waals surface area contributed by atoms with Crippen molar-refractivity contribution in [2.45, 2.75) is 38.3 Å². The molecule has 3 rings (SSSR count). The number of sulfonamides is 1. The number of rotatable bonds is 5. The monoisotopic (exact) mass is 296 g/mol. The average Bonchev–Trinajstić information content (AvgIpc) is 2.97. The second kappa shape index (κ2) is 5.33. The summed E-state index contributed by atoms with van der Waals surface area (Å²) in [4.78, 5) is 4.17. The fraction of sp³-hybridized carbons (Fsp3) is 0.643. The molecule has 110 valence electrons. The number of pyridine rings is 1. The van der Waals surface area contributed by atoms with Gasteiger partial charge in [0.15, 0.2) is 0 Å². The van der Waals surface area contributed by atoms with Gasteiger partial charge in [0.1, 0.15) is 6.10 Å². The summed E-state index contributed by atoms with van der Waals surface area (Å²) in [5, 5.41) is 0. The van der Waals surface area contributed by atoms with Crippen LogP contribution in [0.5, 0.6) is 5.88 Å². The van der Waals surface area contributed by atoms with E-state index in [0.29, 0.717) is 24.8 Å². The van der Waals surface area contributed by atoms with Crippen molar-refractivity contribution in [1.82, 2.24) is 9.29 Å². The Kier molecular flexibility index (Phi) is 3.69. The van der Waals surface area contributed by atoms with E-state index in [-0.39, 0.29) is 17.9 Å². The Bertz CT molecular complexity index is 561. The van der Waals surface area contributed by atoms with Crippen molar-refractivity contribution in [3.8, 4) is 5.88 Å². The minimum Gasteiger partial charge on any atom is -0.472 e. The van der Waals surface area contributed by atoms with Gasteiger partial charge in [0, 0.05) is 24.7 Å². The summed E-state index contributed by atoms with van der Waals surface area (Å²) < 4.78 is 32.2. The van der Waals surface area contributed by atoms with Crippen LogP contribution in [0.1, 0.15) is 26.2 Å². The highest BCUT2D eigenvalue weighted by Crippen LogP contribution is 2.41. The van der Waals surface area contributed by atoms with Crippen molar-refractivity contribution in [2.24, 2.45) is 5.92 Å². The molecule has 0 aromatic carbocycles. The van der Waals surface area contributed by atoms with Gasteiger partial charge in [0.05, 0.1) is 11.8 Å². The maximum atomic E-state index is 12.3. The van der Waals surface area contributed by atoms with Crippen LogP contribution in [0.15, 0.2) is 24.4 Å². The van der Waals surface area contributed by atoms with Gasteiger partial charge in [-0.1, -0.05) is 13.0 Å². The average molecular weight is 296 g/mol. The summed E-state index contributed by atoms with van der Waals surface area (Å²) in [5.74, 6) is 1.12. The van der Waals surface area contributed by atoms with Crippen molar-refractivity contribution in [3.05, 3.63) is 24.4 Å². The predicted octanol–water partition coefficient (Wildman–Crippen LogP) is 1.66. The summed E-state index contributed by atoms with van der Waals surface area (Å²) in [6.45, 7) is 2.50. The van der Waals surface area contributed by atoms with Crippen LogP contribution in [0.25, 0.3) is 0 Å². The third-order valence-electron chi connectivity index (χ3n) is 4.18. The Balaban J connectivity index is 1.76. The molecule has 3 unspecified atom stereocenters. The maximum Gasteiger partial charge on any atom is 0.214 e. The predicted molar refractivity (Wildman–Crippen MR) is 75.9 cm³/mol. The molecule has 2 bridgehead atoms. The fourth-order valence-electron chi connectivity index (χ4n) is 3.32. The molecular formula is C14H20N2O3S. The van der Waals surface area contributed by atoms with Crippen LogP contribution in [0.4, 0.5) is 0 Å². The second-order valence-corrected chi connectivity index (χ2v) is 7.58. The molecule has 0 N–H and O–H groups in total. The van der Waals surface area contributed by atoms with Crippen LogP contribution in [-0.4, -0.2) is 42.2 Å². The van der Waals surface area contributed by atoms with Gasteiger partial charge in [0.25, 0.3) is 0 Å². The van der Waals surface area contributed by atoms with Gasteiger partial charge in [-0.05, 0) is 25.3 Å². The van der Waals surface area contributed by atoms with E-state index < -0.39 is 10.0 Å². The number of piperidine rings is 1. The first kappa shape index (κ1) is 13.8. The Morgan fingerprint density at radius 2 is 2.25 bits per heavy atom. The standard InChI is InChI=1S/C14H20N2O3S/c1-2-9-20(17,18)16-10-11-6-7-12(16)14(11)19-13-5-3-4-8-15-13/h3-5,8,11-12,14H,2,6-7,9-10H2,1H3. The van der Waals surface area contributed by atoms with E-state index in [9.17, 15) is 8.42 Å². The number of hydrogen-bond donors (Lipinski definition) is 0.